The molecule has 1 heterocycles. The molecule has 0 aliphatic heterocycles. The monoisotopic (exact) mass is 564 g/mol. The summed E-state index contributed by atoms with van der Waals surface area (Å²) in [5.41, 5.74) is 1.56. The maximum absolute atomic E-state index is 12.4. The molecule has 0 saturated heterocycles. The number of nitrogens with one attached hydrogen (secondary N) is 3. The van der Waals surface area contributed by atoms with Crippen LogP contribution in [0.25, 0.3) is 0 Å². The fourth-order valence-electron chi connectivity index (χ4n) is 2.92. The summed E-state index contributed by atoms with van der Waals surface area (Å²) in [6, 6.07) is 18.5. The van der Waals surface area contributed by atoms with Crippen molar-refractivity contribution in [2.24, 2.45) is 4.99 Å². The van der Waals surface area contributed by atoms with Crippen molar-refractivity contribution in [2.75, 3.05) is 27.3 Å². The average molecular weight is 564 g/mol. The van der Waals surface area contributed by atoms with E-state index in [1.807, 2.05) is 48.5 Å². The smallest absolute Gasteiger partial charge is 0.251 e. The zero-order chi connectivity index (χ0) is 22.6. The van der Waals surface area contributed by atoms with Gasteiger partial charge in [-0.1, -0.05) is 12.1 Å². The minimum absolute atomic E-state index is 0. The van der Waals surface area contributed by atoms with E-state index < -0.39 is 0 Å². The van der Waals surface area contributed by atoms with E-state index in [0.717, 1.165) is 17.1 Å². The van der Waals surface area contributed by atoms with Crippen molar-refractivity contribution in [2.45, 2.75) is 13.1 Å². The molecule has 3 N–H and O–H groups in total. The van der Waals surface area contributed by atoms with Crippen molar-refractivity contribution in [1.29, 1.82) is 0 Å². The van der Waals surface area contributed by atoms with Gasteiger partial charge in [0.2, 0.25) is 0 Å². The molecule has 0 unspecified atom stereocenters. The molecule has 0 saturated carbocycles. The van der Waals surface area contributed by atoms with Gasteiger partial charge in [0, 0.05) is 19.2 Å². The van der Waals surface area contributed by atoms with Crippen molar-refractivity contribution in [3.8, 4) is 11.5 Å². The second kappa shape index (κ2) is 14.0. The minimum atomic E-state index is -0.151. The number of rotatable bonds is 10. The van der Waals surface area contributed by atoms with Gasteiger partial charge in [-0.2, -0.15) is 0 Å². The summed E-state index contributed by atoms with van der Waals surface area (Å²) in [6.07, 6.45) is 1.58. The Hall–Kier alpha value is -3.21. The average Bonchev–Trinajstić information content (AvgIpc) is 3.36. The van der Waals surface area contributed by atoms with Gasteiger partial charge < -0.3 is 29.8 Å². The van der Waals surface area contributed by atoms with E-state index in [9.17, 15) is 4.79 Å². The van der Waals surface area contributed by atoms with Gasteiger partial charge in [0.1, 0.15) is 23.9 Å². The highest BCUT2D eigenvalue weighted by Crippen LogP contribution is 2.16. The summed E-state index contributed by atoms with van der Waals surface area (Å²) in [4.78, 5) is 16.6. The molecule has 0 bridgehead atoms. The molecule has 2 aromatic carbocycles. The van der Waals surface area contributed by atoms with E-state index in [0.29, 0.717) is 43.5 Å². The fraction of sp³-hybridized carbons (Fsp3) is 0.250. The summed E-state index contributed by atoms with van der Waals surface area (Å²) in [5, 5.41) is 9.29. The van der Waals surface area contributed by atoms with E-state index in [2.05, 4.69) is 20.9 Å². The van der Waals surface area contributed by atoms with Gasteiger partial charge in [0.05, 0.1) is 26.5 Å². The van der Waals surface area contributed by atoms with Crippen LogP contribution in [0.1, 0.15) is 21.7 Å². The molecular weight excluding hydrogens is 535 g/mol. The van der Waals surface area contributed by atoms with E-state index >= 15 is 0 Å². The number of ether oxygens (including phenoxy) is 2. The number of guanidine groups is 1. The first-order valence-electron chi connectivity index (χ1n) is 10.3. The van der Waals surface area contributed by atoms with Crippen LogP contribution >= 0.6 is 24.0 Å². The first-order valence-corrected chi connectivity index (χ1v) is 10.3. The third-order valence-electron chi connectivity index (χ3n) is 4.60. The van der Waals surface area contributed by atoms with Crippen LogP contribution in [0, 0.1) is 0 Å². The van der Waals surface area contributed by atoms with Crippen LogP contribution in [0.5, 0.6) is 11.5 Å². The Morgan fingerprint density at radius 1 is 0.970 bits per heavy atom. The highest BCUT2D eigenvalue weighted by atomic mass is 127. The molecule has 1 aromatic heterocycles. The lowest BCUT2D eigenvalue weighted by Gasteiger charge is -2.13. The lowest BCUT2D eigenvalue weighted by Crippen LogP contribution is -2.38. The largest absolute Gasteiger partial charge is 0.497 e. The molecule has 176 valence electrons. The standard InChI is InChI=1S/C24H28N4O4.HI/c1-25-24(26-12-14-32-21-10-8-20(30-2)9-11-21)28-16-18-5-3-6-19(15-18)23(29)27-17-22-7-4-13-31-22;/h3-11,13,15H,12,14,16-17H2,1-2H3,(H,27,29)(H2,25,26,28);1H. The Labute approximate surface area is 210 Å². The fourth-order valence-corrected chi connectivity index (χ4v) is 2.92. The maximum atomic E-state index is 12.4. The number of carbonyl (C=O) groups is 1. The highest BCUT2D eigenvalue weighted by molar-refractivity contribution is 14.0. The second-order valence-corrected chi connectivity index (χ2v) is 6.84. The summed E-state index contributed by atoms with van der Waals surface area (Å²) < 4.78 is 16.1. The Kier molecular flexibility index (Phi) is 11.1. The van der Waals surface area contributed by atoms with Gasteiger partial charge in [-0.3, -0.25) is 9.79 Å². The van der Waals surface area contributed by atoms with Crippen molar-refractivity contribution in [3.63, 3.8) is 0 Å². The molecule has 9 heteroatoms. The number of halogens is 1. The molecule has 1 amide bonds. The minimum Gasteiger partial charge on any atom is -0.497 e. The molecule has 33 heavy (non-hydrogen) atoms. The summed E-state index contributed by atoms with van der Waals surface area (Å²) in [5.74, 6) is 2.77. The zero-order valence-corrected chi connectivity index (χ0v) is 21.0. The van der Waals surface area contributed by atoms with Crippen LogP contribution in [0.3, 0.4) is 0 Å². The predicted octanol–water partition coefficient (Wildman–Crippen LogP) is 3.58. The molecule has 0 atom stereocenters. The normalized spacial score (nSPS) is 10.7. The number of benzene rings is 2. The topological polar surface area (TPSA) is 97.1 Å². The lowest BCUT2D eigenvalue weighted by atomic mass is 10.1. The molecule has 0 radical (unpaired) electrons. The number of furan rings is 1. The molecule has 0 spiro atoms. The van der Waals surface area contributed by atoms with Crippen molar-refractivity contribution in [3.05, 3.63) is 83.8 Å². The molecule has 3 aromatic rings. The number of nitrogens with zero attached hydrogens (tertiary/aromatic N) is 1. The van der Waals surface area contributed by atoms with Gasteiger partial charge in [-0.05, 0) is 54.1 Å². The SMILES string of the molecule is CN=C(NCCOc1ccc(OC)cc1)NCc1cccc(C(=O)NCc2ccco2)c1.I. The van der Waals surface area contributed by atoms with Crippen LogP contribution in [-0.4, -0.2) is 39.2 Å². The van der Waals surface area contributed by atoms with E-state index in [-0.39, 0.29) is 29.9 Å². The van der Waals surface area contributed by atoms with Crippen LogP contribution in [-0.2, 0) is 13.1 Å². The Balaban J connectivity index is 0.00000385. The van der Waals surface area contributed by atoms with Crippen LogP contribution in [0.15, 0.2) is 76.3 Å². The Bertz CT molecular complexity index is 1010. The molecule has 8 nitrogen and oxygen atoms in total. The number of aliphatic imine (C=N–C) groups is 1. The van der Waals surface area contributed by atoms with Crippen molar-refractivity contribution >= 4 is 35.8 Å². The van der Waals surface area contributed by atoms with Gasteiger partial charge >= 0.3 is 0 Å². The van der Waals surface area contributed by atoms with Crippen LogP contribution in [0.2, 0.25) is 0 Å². The van der Waals surface area contributed by atoms with Crippen molar-refractivity contribution in [1.82, 2.24) is 16.0 Å². The van der Waals surface area contributed by atoms with E-state index in [1.54, 1.807) is 32.6 Å². The first kappa shape index (κ1) is 26.0. The molecular formula is C24H29IN4O4. The van der Waals surface area contributed by atoms with Gasteiger partial charge in [-0.25, -0.2) is 0 Å². The Morgan fingerprint density at radius 2 is 1.76 bits per heavy atom. The number of amides is 1. The summed E-state index contributed by atoms with van der Waals surface area (Å²) in [7, 11) is 3.34. The second-order valence-electron chi connectivity index (χ2n) is 6.84. The number of hydrogen-bond donors (Lipinski definition) is 3. The third kappa shape index (κ3) is 8.68. The van der Waals surface area contributed by atoms with Gasteiger partial charge in [-0.15, -0.1) is 24.0 Å². The number of carbonyl (C=O) groups excluding carboxylic acids is 1. The Morgan fingerprint density at radius 3 is 2.45 bits per heavy atom. The first-order chi connectivity index (χ1) is 15.7. The van der Waals surface area contributed by atoms with E-state index in [4.69, 9.17) is 13.9 Å². The zero-order valence-electron chi connectivity index (χ0n) is 18.7. The molecule has 0 aliphatic rings. The summed E-state index contributed by atoms with van der Waals surface area (Å²) >= 11 is 0. The quantitative estimate of drug-likeness (QED) is 0.151. The van der Waals surface area contributed by atoms with E-state index in [1.165, 1.54) is 0 Å². The maximum Gasteiger partial charge on any atom is 0.251 e. The third-order valence-corrected chi connectivity index (χ3v) is 4.60. The molecule has 0 fully saturated rings. The van der Waals surface area contributed by atoms with Crippen LogP contribution < -0.4 is 25.4 Å². The molecule has 0 aliphatic carbocycles. The van der Waals surface area contributed by atoms with Crippen molar-refractivity contribution < 1.29 is 18.7 Å². The highest BCUT2D eigenvalue weighted by Gasteiger charge is 2.07. The van der Waals surface area contributed by atoms with Gasteiger partial charge in [0.25, 0.3) is 5.91 Å². The number of methoxy groups -OCH3 is 1. The predicted molar refractivity (Wildman–Crippen MR) is 138 cm³/mol. The van der Waals surface area contributed by atoms with Crippen LogP contribution in [0.4, 0.5) is 0 Å². The van der Waals surface area contributed by atoms with Gasteiger partial charge in [0.15, 0.2) is 5.96 Å². The molecule has 3 rings (SSSR count). The summed E-state index contributed by atoms with van der Waals surface area (Å²) in [6.45, 7) is 1.95. The lowest BCUT2D eigenvalue weighted by molar-refractivity contribution is 0.0948. The number of hydrogen-bond acceptors (Lipinski definition) is 5.